The Balaban J connectivity index is 1.12. The summed E-state index contributed by atoms with van der Waals surface area (Å²) in [5.41, 5.74) is 2.88. The Morgan fingerprint density at radius 1 is 1.19 bits per heavy atom. The lowest BCUT2D eigenvalue weighted by Crippen LogP contribution is -2.52. The number of piperazine rings is 1. The van der Waals surface area contributed by atoms with Gasteiger partial charge in [-0.15, -0.1) is 0 Å². The largest absolute Gasteiger partial charge is 0.462 e. The molecule has 174 valence electrons. The van der Waals surface area contributed by atoms with Crippen LogP contribution in [0, 0.1) is 30.1 Å². The van der Waals surface area contributed by atoms with Crippen molar-refractivity contribution < 1.29 is 14.3 Å². The number of carbonyl (C=O) groups is 1. The predicted molar refractivity (Wildman–Crippen MR) is 125 cm³/mol. The highest BCUT2D eigenvalue weighted by Gasteiger charge is 2.65. The van der Waals surface area contributed by atoms with Crippen LogP contribution in [-0.2, 0) is 14.3 Å². The van der Waals surface area contributed by atoms with Gasteiger partial charge in [-0.05, 0) is 68.1 Å². The zero-order chi connectivity index (χ0) is 22.1. The van der Waals surface area contributed by atoms with Crippen molar-refractivity contribution in [2.24, 2.45) is 23.2 Å². The summed E-state index contributed by atoms with van der Waals surface area (Å²) in [5, 5.41) is 0.789. The zero-order valence-electron chi connectivity index (χ0n) is 19.3. The third-order valence-electron chi connectivity index (χ3n) is 9.42. The van der Waals surface area contributed by atoms with Crippen molar-refractivity contribution >= 4 is 23.3 Å². The summed E-state index contributed by atoms with van der Waals surface area (Å²) >= 11 is 6.24. The molecule has 1 aromatic carbocycles. The highest BCUT2D eigenvalue weighted by molar-refractivity contribution is 6.30. The number of carbonyl (C=O) groups excluding carboxylic acids is 1. The van der Waals surface area contributed by atoms with Crippen LogP contribution in [-0.4, -0.2) is 61.9 Å². The quantitative estimate of drug-likeness (QED) is 0.499. The molecule has 32 heavy (non-hydrogen) atoms. The number of epoxide rings is 1. The molecule has 3 saturated heterocycles. The summed E-state index contributed by atoms with van der Waals surface area (Å²) in [7, 11) is 0. The van der Waals surface area contributed by atoms with Crippen LogP contribution in [0.2, 0.25) is 5.02 Å². The van der Waals surface area contributed by atoms with Crippen LogP contribution in [0.3, 0.4) is 0 Å². The van der Waals surface area contributed by atoms with Crippen LogP contribution in [0.4, 0.5) is 5.69 Å². The summed E-state index contributed by atoms with van der Waals surface area (Å²) in [6.07, 6.45) is 5.93. The molecule has 5 fully saturated rings. The number of hydrogen-bond acceptors (Lipinski definition) is 5. The first-order valence-corrected chi connectivity index (χ1v) is 12.8. The van der Waals surface area contributed by atoms with Gasteiger partial charge in [0.25, 0.3) is 0 Å². The van der Waals surface area contributed by atoms with Crippen molar-refractivity contribution in [2.75, 3.05) is 44.2 Å². The van der Waals surface area contributed by atoms with Gasteiger partial charge in [-0.1, -0.05) is 24.6 Å². The van der Waals surface area contributed by atoms with E-state index in [1.165, 1.54) is 30.5 Å². The molecular weight excluding hydrogens is 424 g/mol. The first kappa shape index (κ1) is 21.2. The lowest BCUT2D eigenvalue weighted by Gasteiger charge is -2.51. The molecule has 0 unspecified atom stereocenters. The topological polar surface area (TPSA) is 45.3 Å². The van der Waals surface area contributed by atoms with E-state index in [1.807, 2.05) is 6.07 Å². The Bertz CT molecular complexity index is 910. The number of halogens is 1. The number of fused-ring (bicyclic) bond motifs is 3. The van der Waals surface area contributed by atoms with E-state index >= 15 is 0 Å². The summed E-state index contributed by atoms with van der Waals surface area (Å²) in [5.74, 6) is 1.00. The van der Waals surface area contributed by atoms with Gasteiger partial charge in [0, 0.05) is 49.4 Å². The Kier molecular flexibility index (Phi) is 5.05. The molecule has 6 rings (SSSR count). The number of rotatable bonds is 3. The van der Waals surface area contributed by atoms with E-state index in [0.717, 1.165) is 57.2 Å². The molecular formula is C26H35ClN2O3. The fourth-order valence-corrected chi connectivity index (χ4v) is 7.70. The van der Waals surface area contributed by atoms with Crippen molar-refractivity contribution in [3.05, 3.63) is 28.8 Å². The van der Waals surface area contributed by atoms with Gasteiger partial charge >= 0.3 is 5.97 Å². The van der Waals surface area contributed by atoms with Crippen LogP contribution < -0.4 is 4.90 Å². The number of esters is 1. The molecule has 3 aliphatic heterocycles. The number of hydrogen-bond donors (Lipinski definition) is 0. The van der Waals surface area contributed by atoms with E-state index in [9.17, 15) is 4.79 Å². The first-order valence-electron chi connectivity index (χ1n) is 12.4. The Morgan fingerprint density at radius 3 is 2.72 bits per heavy atom. The third kappa shape index (κ3) is 3.47. The van der Waals surface area contributed by atoms with Gasteiger partial charge in [-0.25, -0.2) is 0 Å². The summed E-state index contributed by atoms with van der Waals surface area (Å²) in [6, 6.07) is 6.12. The highest BCUT2D eigenvalue weighted by atomic mass is 35.5. The number of benzene rings is 1. The van der Waals surface area contributed by atoms with Crippen molar-refractivity contribution in [2.45, 2.75) is 57.7 Å². The maximum absolute atomic E-state index is 13.0. The average Bonchev–Trinajstić information content (AvgIpc) is 3.47. The average molecular weight is 459 g/mol. The van der Waals surface area contributed by atoms with Crippen molar-refractivity contribution in [3.8, 4) is 0 Å². The molecule has 0 bridgehead atoms. The Hall–Kier alpha value is -1.30. The molecule has 1 spiro atoms. The second kappa shape index (κ2) is 7.61. The second-order valence-electron chi connectivity index (χ2n) is 11.3. The Labute approximate surface area is 196 Å². The van der Waals surface area contributed by atoms with E-state index in [-0.39, 0.29) is 29.0 Å². The lowest BCUT2D eigenvalue weighted by molar-refractivity contribution is -0.147. The van der Waals surface area contributed by atoms with Crippen molar-refractivity contribution in [1.29, 1.82) is 0 Å². The molecule has 6 heteroatoms. The van der Waals surface area contributed by atoms with E-state index in [1.54, 1.807) is 0 Å². The summed E-state index contributed by atoms with van der Waals surface area (Å²) in [6.45, 7) is 10.2. The van der Waals surface area contributed by atoms with Crippen LogP contribution in [0.1, 0.15) is 44.6 Å². The molecule has 0 amide bonds. The van der Waals surface area contributed by atoms with Crippen LogP contribution in [0.15, 0.2) is 18.2 Å². The van der Waals surface area contributed by atoms with E-state index in [2.05, 4.69) is 35.8 Å². The van der Waals surface area contributed by atoms with Gasteiger partial charge < -0.3 is 14.4 Å². The Morgan fingerprint density at radius 2 is 1.97 bits per heavy atom. The number of ether oxygens (including phenoxy) is 2. The van der Waals surface area contributed by atoms with Gasteiger partial charge in [-0.2, -0.15) is 0 Å². The predicted octanol–water partition coefficient (Wildman–Crippen LogP) is 4.30. The fraction of sp³-hybridized carbons (Fsp3) is 0.731. The van der Waals surface area contributed by atoms with E-state index < -0.39 is 0 Å². The molecule has 2 aliphatic carbocycles. The lowest BCUT2D eigenvalue weighted by atomic mass is 9.53. The third-order valence-corrected chi connectivity index (χ3v) is 9.65. The number of aryl methyl sites for hydroxylation is 1. The molecule has 0 aromatic heterocycles. The zero-order valence-corrected chi connectivity index (χ0v) is 20.1. The molecule has 0 N–H and O–H groups in total. The molecule has 2 saturated carbocycles. The first-order chi connectivity index (χ1) is 15.4. The smallest absolute Gasteiger partial charge is 0.310 e. The summed E-state index contributed by atoms with van der Waals surface area (Å²) in [4.78, 5) is 17.9. The molecule has 5 nitrogen and oxygen atoms in total. The molecule has 0 radical (unpaired) electrons. The van der Waals surface area contributed by atoms with Crippen LogP contribution >= 0.6 is 11.6 Å². The monoisotopic (exact) mass is 458 g/mol. The SMILES string of the molecule is Cc1ccc(Cl)cc1N1CCN(C[C@H]2C(=O)O[C@@H]3C[C@@]4(C)CCC[C@@]5(CO5)[C@@H]4C[C@@H]32)CC1. The maximum atomic E-state index is 13.0. The molecule has 6 atom stereocenters. The minimum absolute atomic E-state index is 0.0155. The van der Waals surface area contributed by atoms with Crippen LogP contribution in [0.25, 0.3) is 0 Å². The summed E-state index contributed by atoms with van der Waals surface area (Å²) < 4.78 is 12.1. The maximum Gasteiger partial charge on any atom is 0.310 e. The minimum atomic E-state index is 0.0155. The van der Waals surface area contributed by atoms with Crippen molar-refractivity contribution in [1.82, 2.24) is 4.90 Å². The molecule has 5 aliphatic rings. The van der Waals surface area contributed by atoms with E-state index in [4.69, 9.17) is 21.1 Å². The molecule has 3 heterocycles. The highest BCUT2D eigenvalue weighted by Crippen LogP contribution is 2.62. The van der Waals surface area contributed by atoms with Crippen LogP contribution in [0.5, 0.6) is 0 Å². The number of anilines is 1. The van der Waals surface area contributed by atoms with Gasteiger partial charge in [-0.3, -0.25) is 9.69 Å². The fourth-order valence-electron chi connectivity index (χ4n) is 7.54. The van der Waals surface area contributed by atoms with Gasteiger partial charge in [0.05, 0.1) is 18.1 Å². The van der Waals surface area contributed by atoms with Crippen molar-refractivity contribution in [3.63, 3.8) is 0 Å². The van der Waals surface area contributed by atoms with Gasteiger partial charge in [0.1, 0.15) is 6.10 Å². The second-order valence-corrected chi connectivity index (χ2v) is 11.8. The van der Waals surface area contributed by atoms with E-state index in [0.29, 0.717) is 11.8 Å². The van der Waals surface area contributed by atoms with Gasteiger partial charge in [0.15, 0.2) is 0 Å². The number of nitrogens with zero attached hydrogens (tertiary/aromatic N) is 2. The molecule has 1 aromatic rings. The normalized spacial score (nSPS) is 41.3. The standard InChI is InChI=1S/C26H35ClN2O3/c1-17-4-5-18(27)12-21(17)29-10-8-28(9-11-29)15-20-19-13-23-25(2,14-22(19)32-24(20)30)6-3-7-26(23)16-31-26/h4-5,12,19-20,22-23H,3,6-11,13-16H2,1-2H3/t19-,20-,22-,23-,25-,26-/m1/s1. The van der Waals surface area contributed by atoms with Gasteiger partial charge in [0.2, 0.25) is 0 Å². The minimum Gasteiger partial charge on any atom is -0.462 e.